The summed E-state index contributed by atoms with van der Waals surface area (Å²) < 4.78 is 11.1. The molecule has 0 bridgehead atoms. The lowest BCUT2D eigenvalue weighted by Crippen LogP contribution is -2.32. The largest absolute Gasteiger partial charge is 0.495 e. The molecule has 5 rings (SSSR count). The van der Waals surface area contributed by atoms with Crippen LogP contribution in [0.3, 0.4) is 0 Å². The molecular weight excluding hydrogens is 518 g/mol. The minimum absolute atomic E-state index is 0.0980. The molecule has 1 aliphatic heterocycles. The topological polar surface area (TPSA) is 97.0 Å². The number of nitrogens with zero attached hydrogens (tertiary/aromatic N) is 1. The number of hydrogen-bond donors (Lipinski definition) is 2. The van der Waals surface area contributed by atoms with E-state index in [0.29, 0.717) is 34.2 Å². The van der Waals surface area contributed by atoms with E-state index in [0.717, 1.165) is 4.90 Å². The summed E-state index contributed by atoms with van der Waals surface area (Å²) in [7, 11) is 1.45. The monoisotopic (exact) mass is 539 g/mol. The standard InChI is InChI=1S/C30H22ClN3O5/c1-38-25-13-6-5-12-24(25)34-29(36)26(31)27(30(34)37)32-21-9-7-8-19(18-21)28(35)33-20-14-16-23(17-15-20)39-22-10-3-2-4-11-22/h2-18,32H,1H3,(H,33,35). The SMILES string of the molecule is COc1ccccc1N1C(=O)C(Cl)=C(Nc2cccc(C(=O)Nc3ccc(Oc4ccccc4)cc3)c2)C1=O. The quantitative estimate of drug-likeness (QED) is 0.260. The Balaban J connectivity index is 1.28. The molecule has 39 heavy (non-hydrogen) atoms. The third-order valence-electron chi connectivity index (χ3n) is 5.84. The van der Waals surface area contributed by atoms with Crippen molar-refractivity contribution < 1.29 is 23.9 Å². The van der Waals surface area contributed by atoms with Gasteiger partial charge in [0.2, 0.25) is 0 Å². The molecule has 0 atom stereocenters. The van der Waals surface area contributed by atoms with Gasteiger partial charge in [0.25, 0.3) is 17.7 Å². The zero-order valence-electron chi connectivity index (χ0n) is 20.7. The van der Waals surface area contributed by atoms with Crippen molar-refractivity contribution in [3.05, 3.63) is 119 Å². The van der Waals surface area contributed by atoms with Crippen molar-refractivity contribution in [2.24, 2.45) is 0 Å². The second-order valence-electron chi connectivity index (χ2n) is 8.41. The molecule has 0 spiro atoms. The summed E-state index contributed by atoms with van der Waals surface area (Å²) >= 11 is 6.26. The molecule has 0 radical (unpaired) electrons. The molecule has 0 saturated carbocycles. The van der Waals surface area contributed by atoms with Crippen LogP contribution in [0, 0.1) is 0 Å². The van der Waals surface area contributed by atoms with Gasteiger partial charge in [-0.25, -0.2) is 4.90 Å². The van der Waals surface area contributed by atoms with Gasteiger partial charge in [0.15, 0.2) is 0 Å². The van der Waals surface area contributed by atoms with Crippen LogP contribution in [0.5, 0.6) is 17.2 Å². The maximum atomic E-state index is 13.2. The first-order valence-corrected chi connectivity index (χ1v) is 12.3. The Morgan fingerprint density at radius 3 is 2.21 bits per heavy atom. The number of carbonyl (C=O) groups is 3. The zero-order chi connectivity index (χ0) is 27.4. The Bertz CT molecular complexity index is 1590. The minimum Gasteiger partial charge on any atom is -0.495 e. The van der Waals surface area contributed by atoms with E-state index >= 15 is 0 Å². The number of nitrogens with one attached hydrogen (secondary N) is 2. The van der Waals surface area contributed by atoms with E-state index in [9.17, 15) is 14.4 Å². The Kier molecular flexibility index (Phi) is 7.29. The molecule has 194 valence electrons. The Morgan fingerprint density at radius 2 is 1.46 bits per heavy atom. The van der Waals surface area contributed by atoms with E-state index in [1.807, 2.05) is 30.3 Å². The maximum Gasteiger partial charge on any atom is 0.283 e. The highest BCUT2D eigenvalue weighted by atomic mass is 35.5. The first-order valence-electron chi connectivity index (χ1n) is 11.9. The molecule has 2 N–H and O–H groups in total. The van der Waals surface area contributed by atoms with E-state index in [4.69, 9.17) is 21.1 Å². The molecule has 1 aliphatic rings. The molecule has 0 saturated heterocycles. The summed E-state index contributed by atoms with van der Waals surface area (Å²) in [5.41, 5.74) is 1.50. The number of halogens is 1. The van der Waals surface area contributed by atoms with Crippen LogP contribution in [0.2, 0.25) is 0 Å². The lowest BCUT2D eigenvalue weighted by Gasteiger charge is -2.18. The lowest BCUT2D eigenvalue weighted by molar-refractivity contribution is -0.120. The number of hydrogen-bond acceptors (Lipinski definition) is 6. The molecule has 3 amide bonds. The highest BCUT2D eigenvalue weighted by Gasteiger charge is 2.40. The number of benzene rings is 4. The third-order valence-corrected chi connectivity index (χ3v) is 6.19. The Labute approximate surface area is 229 Å². The second-order valence-corrected chi connectivity index (χ2v) is 8.78. The number of methoxy groups -OCH3 is 1. The molecular formula is C30H22ClN3O5. The summed E-state index contributed by atoms with van der Waals surface area (Å²) in [6, 6.07) is 29.5. The number of rotatable bonds is 8. The van der Waals surface area contributed by atoms with Gasteiger partial charge in [0.05, 0.1) is 12.8 Å². The Hall–Kier alpha value is -5.08. The normalized spacial score (nSPS) is 12.9. The van der Waals surface area contributed by atoms with Crippen LogP contribution in [-0.4, -0.2) is 24.8 Å². The number of imide groups is 1. The fourth-order valence-electron chi connectivity index (χ4n) is 3.96. The van der Waals surface area contributed by atoms with E-state index in [1.165, 1.54) is 7.11 Å². The highest BCUT2D eigenvalue weighted by Crippen LogP contribution is 2.35. The average molecular weight is 540 g/mol. The van der Waals surface area contributed by atoms with Crippen molar-refractivity contribution in [3.63, 3.8) is 0 Å². The van der Waals surface area contributed by atoms with Crippen LogP contribution in [0.25, 0.3) is 0 Å². The summed E-state index contributed by atoms with van der Waals surface area (Å²) in [5, 5.41) is 5.46. The van der Waals surface area contributed by atoms with Gasteiger partial charge in [-0.3, -0.25) is 14.4 Å². The Morgan fingerprint density at radius 1 is 0.769 bits per heavy atom. The average Bonchev–Trinajstić information content (AvgIpc) is 3.17. The van der Waals surface area contributed by atoms with Crippen molar-refractivity contribution in [2.45, 2.75) is 0 Å². The summed E-state index contributed by atoms with van der Waals surface area (Å²) in [6.45, 7) is 0. The fraction of sp³-hybridized carbons (Fsp3) is 0.0333. The lowest BCUT2D eigenvalue weighted by atomic mass is 10.1. The van der Waals surface area contributed by atoms with Crippen LogP contribution in [0.1, 0.15) is 10.4 Å². The van der Waals surface area contributed by atoms with Crippen LogP contribution < -0.4 is 25.0 Å². The molecule has 0 fully saturated rings. The first-order chi connectivity index (χ1) is 18.9. The van der Waals surface area contributed by atoms with Crippen molar-refractivity contribution in [1.29, 1.82) is 0 Å². The molecule has 0 unspecified atom stereocenters. The van der Waals surface area contributed by atoms with E-state index in [1.54, 1.807) is 72.8 Å². The van der Waals surface area contributed by atoms with Gasteiger partial charge in [0.1, 0.15) is 28.0 Å². The number of ether oxygens (including phenoxy) is 2. The predicted octanol–water partition coefficient (Wildman–Crippen LogP) is 6.18. The number of carbonyl (C=O) groups excluding carboxylic acids is 3. The maximum absolute atomic E-state index is 13.2. The summed E-state index contributed by atoms with van der Waals surface area (Å²) in [4.78, 5) is 39.9. The molecule has 8 nitrogen and oxygen atoms in total. The first kappa shape index (κ1) is 25.6. The van der Waals surface area contributed by atoms with Gasteiger partial charge in [-0.1, -0.05) is 48.0 Å². The van der Waals surface area contributed by atoms with Crippen LogP contribution in [0.15, 0.2) is 114 Å². The van der Waals surface area contributed by atoms with Crippen molar-refractivity contribution in [3.8, 4) is 17.2 Å². The van der Waals surface area contributed by atoms with Gasteiger partial charge >= 0.3 is 0 Å². The zero-order valence-corrected chi connectivity index (χ0v) is 21.4. The summed E-state index contributed by atoms with van der Waals surface area (Å²) in [5.74, 6) is 0.0170. The van der Waals surface area contributed by atoms with Crippen LogP contribution in [0.4, 0.5) is 17.1 Å². The number of para-hydroxylation sites is 3. The van der Waals surface area contributed by atoms with E-state index in [2.05, 4.69) is 10.6 Å². The van der Waals surface area contributed by atoms with Crippen LogP contribution >= 0.6 is 11.6 Å². The fourth-order valence-corrected chi connectivity index (χ4v) is 4.17. The number of amides is 3. The highest BCUT2D eigenvalue weighted by molar-refractivity contribution is 6.53. The van der Waals surface area contributed by atoms with Gasteiger partial charge < -0.3 is 20.1 Å². The van der Waals surface area contributed by atoms with E-state index in [-0.39, 0.29) is 22.3 Å². The molecule has 4 aromatic rings. The van der Waals surface area contributed by atoms with Crippen molar-refractivity contribution in [2.75, 3.05) is 22.6 Å². The minimum atomic E-state index is -0.678. The van der Waals surface area contributed by atoms with Gasteiger partial charge in [-0.15, -0.1) is 0 Å². The predicted molar refractivity (Wildman–Crippen MR) is 149 cm³/mol. The third kappa shape index (κ3) is 5.46. The molecule has 4 aromatic carbocycles. The van der Waals surface area contributed by atoms with Gasteiger partial charge in [-0.2, -0.15) is 0 Å². The van der Waals surface area contributed by atoms with Crippen molar-refractivity contribution >= 4 is 46.4 Å². The van der Waals surface area contributed by atoms with Gasteiger partial charge in [-0.05, 0) is 66.7 Å². The smallest absolute Gasteiger partial charge is 0.283 e. The summed E-state index contributed by atoms with van der Waals surface area (Å²) in [6.07, 6.45) is 0. The van der Waals surface area contributed by atoms with Crippen LogP contribution in [-0.2, 0) is 9.59 Å². The van der Waals surface area contributed by atoms with E-state index < -0.39 is 11.8 Å². The molecule has 9 heteroatoms. The number of anilines is 3. The second kappa shape index (κ2) is 11.1. The molecule has 0 aliphatic carbocycles. The van der Waals surface area contributed by atoms with Gasteiger partial charge in [0, 0.05) is 16.9 Å². The van der Waals surface area contributed by atoms with Crippen molar-refractivity contribution in [1.82, 2.24) is 0 Å². The molecule has 1 heterocycles. The molecule has 0 aromatic heterocycles.